The van der Waals surface area contributed by atoms with Crippen LogP contribution < -0.4 is 5.32 Å². The van der Waals surface area contributed by atoms with Crippen LogP contribution in [0.15, 0.2) is 36.7 Å². The molecule has 0 bridgehead atoms. The van der Waals surface area contributed by atoms with Crippen molar-refractivity contribution in [1.82, 2.24) is 25.1 Å². The van der Waals surface area contributed by atoms with Gasteiger partial charge in [0, 0.05) is 30.4 Å². The number of hydrogen-bond donors (Lipinski definition) is 1. The Morgan fingerprint density at radius 1 is 1.19 bits per heavy atom. The highest BCUT2D eigenvalue weighted by atomic mass is 32.1. The number of pyridine rings is 1. The van der Waals surface area contributed by atoms with E-state index in [1.165, 1.54) is 15.3 Å². The largest absolute Gasteiger partial charge is 0.307 e. The monoisotopic (exact) mass is 297 g/mol. The zero-order valence-electron chi connectivity index (χ0n) is 11.7. The van der Waals surface area contributed by atoms with Crippen molar-refractivity contribution in [1.29, 1.82) is 0 Å². The van der Waals surface area contributed by atoms with Gasteiger partial charge in [0.1, 0.15) is 0 Å². The number of thiophene rings is 1. The standard InChI is InChI=1S/C15H15N5S/c1-10-2-3-12(21-10)14-18-19-15-13(17-8-9-20(14)15)11-4-6-16-7-5-11/h2-7,13,17H,8-9H2,1H3. The van der Waals surface area contributed by atoms with Gasteiger partial charge in [-0.2, -0.15) is 0 Å². The van der Waals surface area contributed by atoms with Crippen LogP contribution in [0.2, 0.25) is 0 Å². The van der Waals surface area contributed by atoms with Crippen LogP contribution in [0, 0.1) is 6.92 Å². The van der Waals surface area contributed by atoms with Gasteiger partial charge in [0.05, 0.1) is 10.9 Å². The summed E-state index contributed by atoms with van der Waals surface area (Å²) in [5, 5.41) is 12.4. The number of nitrogens with zero attached hydrogens (tertiary/aromatic N) is 4. The fourth-order valence-electron chi connectivity index (χ4n) is 2.72. The summed E-state index contributed by atoms with van der Waals surface area (Å²) in [6.45, 7) is 3.93. The summed E-state index contributed by atoms with van der Waals surface area (Å²) in [5.41, 5.74) is 1.17. The van der Waals surface area contributed by atoms with Crippen molar-refractivity contribution in [3.8, 4) is 10.7 Å². The van der Waals surface area contributed by atoms with E-state index < -0.39 is 0 Å². The molecule has 106 valence electrons. The van der Waals surface area contributed by atoms with Gasteiger partial charge >= 0.3 is 0 Å². The topological polar surface area (TPSA) is 55.6 Å². The van der Waals surface area contributed by atoms with E-state index in [0.29, 0.717) is 0 Å². The quantitative estimate of drug-likeness (QED) is 0.789. The van der Waals surface area contributed by atoms with Gasteiger partial charge in [-0.05, 0) is 36.8 Å². The summed E-state index contributed by atoms with van der Waals surface area (Å²) in [5.74, 6) is 1.96. The van der Waals surface area contributed by atoms with Gasteiger partial charge < -0.3 is 9.88 Å². The average molecular weight is 297 g/mol. The summed E-state index contributed by atoms with van der Waals surface area (Å²) in [6.07, 6.45) is 3.63. The summed E-state index contributed by atoms with van der Waals surface area (Å²) in [7, 11) is 0. The van der Waals surface area contributed by atoms with Gasteiger partial charge in [-0.1, -0.05) is 0 Å². The molecule has 1 unspecified atom stereocenters. The Labute approximate surface area is 126 Å². The predicted molar refractivity (Wildman–Crippen MR) is 82.2 cm³/mol. The second kappa shape index (κ2) is 5.05. The van der Waals surface area contributed by atoms with Crippen LogP contribution >= 0.6 is 11.3 Å². The lowest BCUT2D eigenvalue weighted by Crippen LogP contribution is -2.34. The molecule has 1 aliphatic rings. The molecule has 0 amide bonds. The van der Waals surface area contributed by atoms with Crippen molar-refractivity contribution in [2.24, 2.45) is 0 Å². The SMILES string of the molecule is Cc1ccc(-c2nnc3n2CCNC3c2ccncc2)s1. The smallest absolute Gasteiger partial charge is 0.174 e. The Kier molecular flexibility index (Phi) is 3.05. The lowest BCUT2D eigenvalue weighted by molar-refractivity contribution is 0.458. The zero-order chi connectivity index (χ0) is 14.2. The van der Waals surface area contributed by atoms with E-state index in [4.69, 9.17) is 0 Å². The number of rotatable bonds is 2. The molecular weight excluding hydrogens is 282 g/mol. The molecule has 0 aliphatic carbocycles. The van der Waals surface area contributed by atoms with Crippen molar-refractivity contribution in [2.75, 3.05) is 6.54 Å². The van der Waals surface area contributed by atoms with Crippen molar-refractivity contribution < 1.29 is 0 Å². The normalized spacial score (nSPS) is 17.7. The van der Waals surface area contributed by atoms with Crippen molar-refractivity contribution in [3.63, 3.8) is 0 Å². The van der Waals surface area contributed by atoms with E-state index in [9.17, 15) is 0 Å². The summed E-state index contributed by atoms with van der Waals surface area (Å²) in [6, 6.07) is 8.39. The van der Waals surface area contributed by atoms with Crippen molar-refractivity contribution >= 4 is 11.3 Å². The van der Waals surface area contributed by atoms with Crippen molar-refractivity contribution in [2.45, 2.75) is 19.5 Å². The van der Waals surface area contributed by atoms with E-state index in [1.54, 1.807) is 11.3 Å². The second-order valence-corrected chi connectivity index (χ2v) is 6.40. The maximum Gasteiger partial charge on any atom is 0.174 e. The van der Waals surface area contributed by atoms with E-state index in [-0.39, 0.29) is 6.04 Å². The van der Waals surface area contributed by atoms with E-state index in [0.717, 1.165) is 24.7 Å². The molecule has 1 aliphatic heterocycles. The molecule has 0 aromatic carbocycles. The Balaban J connectivity index is 1.79. The minimum Gasteiger partial charge on any atom is -0.307 e. The van der Waals surface area contributed by atoms with Crippen LogP contribution in [0.4, 0.5) is 0 Å². The molecule has 4 rings (SSSR count). The molecule has 0 saturated heterocycles. The van der Waals surface area contributed by atoms with Crippen LogP contribution in [-0.2, 0) is 6.54 Å². The van der Waals surface area contributed by atoms with Gasteiger partial charge in [0.2, 0.25) is 0 Å². The molecule has 0 saturated carbocycles. The fraction of sp³-hybridized carbons (Fsp3) is 0.267. The van der Waals surface area contributed by atoms with Crippen LogP contribution in [0.3, 0.4) is 0 Å². The first-order valence-electron chi connectivity index (χ1n) is 6.96. The maximum atomic E-state index is 4.44. The second-order valence-electron chi connectivity index (χ2n) is 5.11. The van der Waals surface area contributed by atoms with Crippen LogP contribution in [0.5, 0.6) is 0 Å². The predicted octanol–water partition coefficient (Wildman–Crippen LogP) is 2.40. The minimum atomic E-state index is 0.0871. The van der Waals surface area contributed by atoms with E-state index in [2.05, 4.69) is 44.1 Å². The van der Waals surface area contributed by atoms with Gasteiger partial charge in [-0.25, -0.2) is 0 Å². The Morgan fingerprint density at radius 2 is 2.05 bits per heavy atom. The number of hydrogen-bond acceptors (Lipinski definition) is 5. The van der Waals surface area contributed by atoms with Gasteiger partial charge in [-0.3, -0.25) is 4.98 Å². The molecule has 21 heavy (non-hydrogen) atoms. The number of aromatic nitrogens is 4. The average Bonchev–Trinajstić information content (AvgIpc) is 3.13. The first-order valence-corrected chi connectivity index (χ1v) is 7.78. The molecule has 1 atom stereocenters. The van der Waals surface area contributed by atoms with Crippen LogP contribution in [0.1, 0.15) is 22.3 Å². The fourth-order valence-corrected chi connectivity index (χ4v) is 3.58. The van der Waals surface area contributed by atoms with Crippen LogP contribution in [-0.4, -0.2) is 26.3 Å². The maximum absolute atomic E-state index is 4.44. The lowest BCUT2D eigenvalue weighted by Gasteiger charge is -2.25. The molecule has 3 aromatic heterocycles. The summed E-state index contributed by atoms with van der Waals surface area (Å²) < 4.78 is 2.23. The van der Waals surface area contributed by atoms with Gasteiger partial charge in [0.25, 0.3) is 0 Å². The molecule has 0 spiro atoms. The third-order valence-electron chi connectivity index (χ3n) is 3.72. The first-order chi connectivity index (χ1) is 10.3. The summed E-state index contributed by atoms with van der Waals surface area (Å²) >= 11 is 1.76. The third kappa shape index (κ3) is 2.16. The molecular formula is C15H15N5S. The minimum absolute atomic E-state index is 0.0871. The Hall–Kier alpha value is -2.05. The highest BCUT2D eigenvalue weighted by Gasteiger charge is 2.26. The molecule has 1 N–H and O–H groups in total. The molecule has 6 heteroatoms. The molecule has 3 aromatic rings. The van der Waals surface area contributed by atoms with Gasteiger partial charge in [0.15, 0.2) is 11.6 Å². The highest BCUT2D eigenvalue weighted by molar-refractivity contribution is 7.15. The van der Waals surface area contributed by atoms with Gasteiger partial charge in [-0.15, -0.1) is 21.5 Å². The highest BCUT2D eigenvalue weighted by Crippen LogP contribution is 2.31. The molecule has 4 heterocycles. The van der Waals surface area contributed by atoms with E-state index in [1.807, 2.05) is 24.5 Å². The first kappa shape index (κ1) is 12.7. The summed E-state index contributed by atoms with van der Waals surface area (Å²) in [4.78, 5) is 6.56. The van der Waals surface area contributed by atoms with Crippen molar-refractivity contribution in [3.05, 3.63) is 52.9 Å². The molecule has 0 radical (unpaired) electrons. The zero-order valence-corrected chi connectivity index (χ0v) is 12.5. The number of fused-ring (bicyclic) bond motifs is 1. The van der Waals surface area contributed by atoms with E-state index >= 15 is 0 Å². The molecule has 0 fully saturated rings. The Bertz CT molecular complexity index is 761. The number of nitrogens with one attached hydrogen (secondary N) is 1. The molecule has 5 nitrogen and oxygen atoms in total. The Morgan fingerprint density at radius 3 is 2.81 bits per heavy atom. The number of aryl methyl sites for hydroxylation is 1. The third-order valence-corrected chi connectivity index (χ3v) is 4.72. The van der Waals surface area contributed by atoms with Crippen LogP contribution in [0.25, 0.3) is 10.7 Å². The lowest BCUT2D eigenvalue weighted by atomic mass is 10.1.